The molecule has 0 bridgehead atoms. The lowest BCUT2D eigenvalue weighted by Gasteiger charge is -2.06. The van der Waals surface area contributed by atoms with Gasteiger partial charge >= 0.3 is 0 Å². The van der Waals surface area contributed by atoms with E-state index in [-0.39, 0.29) is 5.75 Å². The van der Waals surface area contributed by atoms with Crippen molar-refractivity contribution in [2.24, 2.45) is 5.73 Å². The van der Waals surface area contributed by atoms with E-state index in [4.69, 9.17) is 5.73 Å². The first kappa shape index (κ1) is 14.9. The van der Waals surface area contributed by atoms with Crippen LogP contribution in [0.15, 0.2) is 60.8 Å². The Bertz CT molecular complexity index is 1070. The summed E-state index contributed by atoms with van der Waals surface area (Å²) in [4.78, 5) is 15.6. The Morgan fingerprint density at radius 3 is 2.32 bits per heavy atom. The van der Waals surface area contributed by atoms with E-state index in [1.54, 1.807) is 30.5 Å². The zero-order valence-electron chi connectivity index (χ0n) is 13.1. The number of nitrogens with zero attached hydrogens (tertiary/aromatic N) is 2. The van der Waals surface area contributed by atoms with E-state index < -0.39 is 5.91 Å². The Balaban J connectivity index is 1.91. The molecule has 0 saturated carbocycles. The zero-order valence-corrected chi connectivity index (χ0v) is 13.1. The number of rotatable bonds is 3. The summed E-state index contributed by atoms with van der Waals surface area (Å²) in [5, 5.41) is 17.7. The summed E-state index contributed by atoms with van der Waals surface area (Å²) < 4.78 is 0. The van der Waals surface area contributed by atoms with Crippen molar-refractivity contribution in [3.63, 3.8) is 0 Å². The van der Waals surface area contributed by atoms with E-state index >= 15 is 0 Å². The van der Waals surface area contributed by atoms with Gasteiger partial charge in [-0.1, -0.05) is 12.1 Å². The molecule has 0 unspecified atom stereocenters. The van der Waals surface area contributed by atoms with Crippen molar-refractivity contribution in [1.82, 2.24) is 15.2 Å². The lowest BCUT2D eigenvalue weighted by atomic mass is 9.98. The lowest BCUT2D eigenvalue weighted by molar-refractivity contribution is 0.100. The number of nitrogens with one attached hydrogen (secondary N) is 1. The van der Waals surface area contributed by atoms with Crippen LogP contribution in [0.25, 0.3) is 33.4 Å². The van der Waals surface area contributed by atoms with Crippen molar-refractivity contribution in [2.75, 3.05) is 0 Å². The molecule has 0 spiro atoms. The van der Waals surface area contributed by atoms with Crippen LogP contribution in [0.4, 0.5) is 0 Å². The van der Waals surface area contributed by atoms with Crippen LogP contribution >= 0.6 is 0 Å². The summed E-state index contributed by atoms with van der Waals surface area (Å²) in [5.74, 6) is -0.257. The van der Waals surface area contributed by atoms with Crippen LogP contribution in [-0.4, -0.2) is 26.2 Å². The number of phenols is 1. The van der Waals surface area contributed by atoms with Gasteiger partial charge in [-0.15, -0.1) is 0 Å². The fourth-order valence-electron chi connectivity index (χ4n) is 2.84. The second-order valence-electron chi connectivity index (χ2n) is 5.64. The van der Waals surface area contributed by atoms with Crippen molar-refractivity contribution in [3.8, 4) is 28.1 Å². The SMILES string of the molecule is NC(=O)c1ccc(-c2ccnc3n[nH]c(-c4ccc(O)cc4)c23)cc1. The first-order valence-electron chi connectivity index (χ1n) is 7.66. The third kappa shape index (κ3) is 2.59. The lowest BCUT2D eigenvalue weighted by Crippen LogP contribution is -2.10. The van der Waals surface area contributed by atoms with E-state index in [1.807, 2.05) is 30.3 Å². The van der Waals surface area contributed by atoms with Crippen molar-refractivity contribution < 1.29 is 9.90 Å². The van der Waals surface area contributed by atoms with Gasteiger partial charge in [0.25, 0.3) is 0 Å². The Morgan fingerprint density at radius 2 is 1.64 bits per heavy atom. The Morgan fingerprint density at radius 1 is 0.960 bits per heavy atom. The molecule has 0 atom stereocenters. The van der Waals surface area contributed by atoms with Crippen molar-refractivity contribution in [2.45, 2.75) is 0 Å². The molecule has 4 rings (SSSR count). The van der Waals surface area contributed by atoms with Crippen LogP contribution < -0.4 is 5.73 Å². The number of benzene rings is 2. The smallest absolute Gasteiger partial charge is 0.248 e. The summed E-state index contributed by atoms with van der Waals surface area (Å²) in [6.07, 6.45) is 1.70. The van der Waals surface area contributed by atoms with Gasteiger partial charge in [0.05, 0.1) is 11.1 Å². The molecule has 0 aliphatic rings. The van der Waals surface area contributed by atoms with Gasteiger partial charge in [0.15, 0.2) is 5.65 Å². The van der Waals surface area contributed by atoms with Gasteiger partial charge in [0, 0.05) is 17.3 Å². The summed E-state index contributed by atoms with van der Waals surface area (Å²) >= 11 is 0. The molecule has 0 aliphatic carbocycles. The molecule has 25 heavy (non-hydrogen) atoms. The molecule has 0 radical (unpaired) electrons. The van der Waals surface area contributed by atoms with Crippen molar-refractivity contribution in [3.05, 3.63) is 66.4 Å². The van der Waals surface area contributed by atoms with E-state index in [1.165, 1.54) is 0 Å². The Labute approximate surface area is 143 Å². The van der Waals surface area contributed by atoms with Gasteiger partial charge in [-0.3, -0.25) is 9.89 Å². The number of aromatic hydroxyl groups is 1. The Kier molecular flexibility index (Phi) is 3.43. The summed E-state index contributed by atoms with van der Waals surface area (Å²) in [7, 11) is 0. The number of aromatic nitrogens is 3. The molecular weight excluding hydrogens is 316 g/mol. The highest BCUT2D eigenvalue weighted by Gasteiger charge is 2.14. The predicted octanol–water partition coefficient (Wildman–Crippen LogP) is 3.10. The van der Waals surface area contributed by atoms with Gasteiger partial charge in [-0.05, 0) is 53.6 Å². The number of pyridine rings is 1. The quantitative estimate of drug-likeness (QED) is 0.537. The minimum Gasteiger partial charge on any atom is -0.508 e. The maximum absolute atomic E-state index is 11.3. The molecule has 0 fully saturated rings. The number of fused-ring (bicyclic) bond motifs is 1. The largest absolute Gasteiger partial charge is 0.508 e. The number of H-pyrrole nitrogens is 1. The maximum atomic E-state index is 11.3. The van der Waals surface area contributed by atoms with E-state index in [0.717, 1.165) is 27.8 Å². The van der Waals surface area contributed by atoms with Crippen LogP contribution in [0.5, 0.6) is 5.75 Å². The summed E-state index contributed by atoms with van der Waals surface area (Å²) in [5.41, 5.74) is 9.94. The number of amides is 1. The molecular formula is C19H14N4O2. The Hall–Kier alpha value is -3.67. The summed E-state index contributed by atoms with van der Waals surface area (Å²) in [6, 6.07) is 15.9. The number of carbonyl (C=O) groups excluding carboxylic acids is 1. The molecule has 6 nitrogen and oxygen atoms in total. The van der Waals surface area contributed by atoms with Crippen molar-refractivity contribution in [1.29, 1.82) is 0 Å². The van der Waals surface area contributed by atoms with Crippen LogP contribution in [0.2, 0.25) is 0 Å². The molecule has 0 aliphatic heterocycles. The summed E-state index contributed by atoms with van der Waals surface area (Å²) in [6.45, 7) is 0. The molecule has 1 amide bonds. The number of nitrogens with two attached hydrogens (primary N) is 1. The molecule has 4 aromatic rings. The van der Waals surface area contributed by atoms with E-state index in [0.29, 0.717) is 11.2 Å². The number of hydrogen-bond acceptors (Lipinski definition) is 4. The van der Waals surface area contributed by atoms with Gasteiger partial charge in [-0.25, -0.2) is 4.98 Å². The highest BCUT2D eigenvalue weighted by Crippen LogP contribution is 2.34. The van der Waals surface area contributed by atoms with Crippen LogP contribution in [-0.2, 0) is 0 Å². The molecule has 2 aromatic carbocycles. The third-order valence-corrected chi connectivity index (χ3v) is 4.09. The minimum atomic E-state index is -0.459. The van der Waals surface area contributed by atoms with Gasteiger partial charge in [0.1, 0.15) is 5.75 Å². The maximum Gasteiger partial charge on any atom is 0.248 e. The van der Waals surface area contributed by atoms with E-state index in [9.17, 15) is 9.90 Å². The highest BCUT2D eigenvalue weighted by atomic mass is 16.3. The fraction of sp³-hybridized carbons (Fsp3) is 0. The molecule has 4 N–H and O–H groups in total. The van der Waals surface area contributed by atoms with Gasteiger partial charge in [-0.2, -0.15) is 5.10 Å². The first-order valence-corrected chi connectivity index (χ1v) is 7.66. The average Bonchev–Trinajstić information content (AvgIpc) is 3.07. The van der Waals surface area contributed by atoms with Crippen LogP contribution in [0.3, 0.4) is 0 Å². The highest BCUT2D eigenvalue weighted by molar-refractivity contribution is 6.02. The second kappa shape index (κ2) is 5.76. The number of phenolic OH excluding ortho intramolecular Hbond substituents is 1. The normalized spacial score (nSPS) is 10.9. The molecule has 2 aromatic heterocycles. The predicted molar refractivity (Wildman–Crippen MR) is 94.9 cm³/mol. The zero-order chi connectivity index (χ0) is 17.4. The number of primary amides is 1. The van der Waals surface area contributed by atoms with Gasteiger partial charge < -0.3 is 10.8 Å². The fourth-order valence-corrected chi connectivity index (χ4v) is 2.84. The first-order chi connectivity index (χ1) is 12.1. The molecule has 2 heterocycles. The van der Waals surface area contributed by atoms with Gasteiger partial charge in [0.2, 0.25) is 5.91 Å². The van der Waals surface area contributed by atoms with Crippen LogP contribution in [0, 0.1) is 0 Å². The topological polar surface area (TPSA) is 105 Å². The third-order valence-electron chi connectivity index (χ3n) is 4.09. The average molecular weight is 330 g/mol. The molecule has 6 heteroatoms. The van der Waals surface area contributed by atoms with Crippen molar-refractivity contribution >= 4 is 16.9 Å². The number of carbonyl (C=O) groups is 1. The number of hydrogen-bond donors (Lipinski definition) is 3. The second-order valence-corrected chi connectivity index (χ2v) is 5.64. The standard InChI is InChI=1S/C19H14N4O2/c20-18(25)13-3-1-11(2-4-13)15-9-10-21-19-16(15)17(22-23-19)12-5-7-14(24)8-6-12/h1-10,24H,(H2,20,25)(H,21,22,23). The number of aromatic amines is 1. The van der Waals surface area contributed by atoms with Crippen LogP contribution in [0.1, 0.15) is 10.4 Å². The minimum absolute atomic E-state index is 0.202. The molecule has 122 valence electrons. The van der Waals surface area contributed by atoms with E-state index in [2.05, 4.69) is 15.2 Å². The molecule has 0 saturated heterocycles. The monoisotopic (exact) mass is 330 g/mol.